The quantitative estimate of drug-likeness (QED) is 0.820. The summed E-state index contributed by atoms with van der Waals surface area (Å²) in [5, 5.41) is 8.55. The summed E-state index contributed by atoms with van der Waals surface area (Å²) < 4.78 is 47.0. The molecule has 0 fully saturated rings. The summed E-state index contributed by atoms with van der Waals surface area (Å²) in [6.07, 6.45) is -4.07. The molecule has 0 radical (unpaired) electrons. The van der Waals surface area contributed by atoms with E-state index < -0.39 is 18.2 Å². The van der Waals surface area contributed by atoms with Crippen LogP contribution in [0.1, 0.15) is 18.1 Å². The van der Waals surface area contributed by atoms with Gasteiger partial charge in [0.15, 0.2) is 6.10 Å². The van der Waals surface area contributed by atoms with Gasteiger partial charge in [-0.15, -0.1) is 0 Å². The van der Waals surface area contributed by atoms with Gasteiger partial charge in [-0.2, -0.15) is 13.2 Å². The van der Waals surface area contributed by atoms with Gasteiger partial charge in [0.05, 0.1) is 13.7 Å². The number of methoxy groups -OCH3 is 1. The Morgan fingerprint density at radius 3 is 2.62 bits per heavy atom. The third-order valence-electron chi connectivity index (χ3n) is 2.67. The van der Waals surface area contributed by atoms with Gasteiger partial charge in [-0.05, 0) is 30.7 Å². The molecule has 1 atom stereocenters. The molecule has 0 aliphatic rings. The molecule has 116 valence electrons. The van der Waals surface area contributed by atoms with Gasteiger partial charge in [-0.25, -0.2) is 4.79 Å². The molecule has 1 aromatic rings. The van der Waals surface area contributed by atoms with Crippen LogP contribution in [0.2, 0.25) is 0 Å². The average Bonchev–Trinajstić information content (AvgIpc) is 2.41. The van der Waals surface area contributed by atoms with E-state index in [1.807, 2.05) is 0 Å². The van der Waals surface area contributed by atoms with Crippen molar-refractivity contribution in [1.82, 2.24) is 0 Å². The predicted molar refractivity (Wildman–Crippen MR) is 70.0 cm³/mol. The van der Waals surface area contributed by atoms with E-state index in [1.54, 1.807) is 12.1 Å². The molecule has 0 amide bonds. The Hall–Kier alpha value is -2.02. The van der Waals surface area contributed by atoms with Gasteiger partial charge < -0.3 is 14.6 Å². The topological polar surface area (TPSA) is 55.8 Å². The summed E-state index contributed by atoms with van der Waals surface area (Å²) in [4.78, 5) is 10.4. The van der Waals surface area contributed by atoms with Crippen LogP contribution in [-0.2, 0) is 16.1 Å². The number of benzene rings is 1. The first-order valence-electron chi connectivity index (χ1n) is 6.00. The van der Waals surface area contributed by atoms with Crippen molar-refractivity contribution in [3.8, 4) is 5.75 Å². The van der Waals surface area contributed by atoms with E-state index in [1.165, 1.54) is 19.3 Å². The summed E-state index contributed by atoms with van der Waals surface area (Å²) in [6.45, 7) is 0.624. The van der Waals surface area contributed by atoms with Crippen LogP contribution < -0.4 is 4.74 Å². The molecular weight excluding hydrogens is 289 g/mol. The molecule has 1 N–H and O–H groups in total. The van der Waals surface area contributed by atoms with E-state index in [2.05, 4.69) is 0 Å². The van der Waals surface area contributed by atoms with Crippen LogP contribution in [0.3, 0.4) is 0 Å². The molecule has 21 heavy (non-hydrogen) atoms. The van der Waals surface area contributed by atoms with Crippen molar-refractivity contribution in [2.45, 2.75) is 25.8 Å². The highest BCUT2D eigenvalue weighted by Crippen LogP contribution is 2.26. The number of halogens is 3. The molecule has 0 saturated carbocycles. The first-order chi connectivity index (χ1) is 9.74. The molecule has 0 spiro atoms. The molecule has 7 heteroatoms. The number of carbonyl (C=O) groups is 1. The molecular formula is C14H15F3O4. The first-order valence-corrected chi connectivity index (χ1v) is 6.00. The van der Waals surface area contributed by atoms with Crippen molar-refractivity contribution in [3.63, 3.8) is 0 Å². The summed E-state index contributed by atoms with van der Waals surface area (Å²) in [6, 6.07) is 4.65. The van der Waals surface area contributed by atoms with E-state index in [0.29, 0.717) is 16.9 Å². The maximum Gasteiger partial charge on any atom is 0.414 e. The van der Waals surface area contributed by atoms with E-state index in [-0.39, 0.29) is 6.61 Å². The molecule has 1 unspecified atom stereocenters. The van der Waals surface area contributed by atoms with E-state index in [0.717, 1.165) is 13.0 Å². The molecule has 0 aromatic heterocycles. The summed E-state index contributed by atoms with van der Waals surface area (Å²) >= 11 is 0. The lowest BCUT2D eigenvalue weighted by atomic mass is 10.1. The monoisotopic (exact) mass is 304 g/mol. The van der Waals surface area contributed by atoms with Crippen molar-refractivity contribution in [2.24, 2.45) is 0 Å². The van der Waals surface area contributed by atoms with E-state index in [9.17, 15) is 18.0 Å². The second-order valence-corrected chi connectivity index (χ2v) is 4.24. The normalized spacial score (nSPS) is 13.4. The Bertz CT molecular complexity index is 523. The third kappa shape index (κ3) is 5.47. The number of hydrogen-bond donors (Lipinski definition) is 1. The van der Waals surface area contributed by atoms with Crippen LogP contribution in [0.15, 0.2) is 24.3 Å². The molecule has 1 aromatic carbocycles. The SMILES string of the molecule is COc1ccc(C=CC(=O)O)cc1COC(C)C(F)(F)F. The zero-order chi connectivity index (χ0) is 16.0. The lowest BCUT2D eigenvalue weighted by molar-refractivity contribution is -0.217. The smallest absolute Gasteiger partial charge is 0.414 e. The number of carboxylic acid groups (broad SMARTS) is 1. The Balaban J connectivity index is 2.88. The Kier molecular flexibility index (Phi) is 5.78. The van der Waals surface area contributed by atoms with Gasteiger partial charge >= 0.3 is 12.1 Å². The standard InChI is InChI=1S/C14H15F3O4/c1-9(14(15,16)17)21-8-11-7-10(4-6-13(18)19)3-5-12(11)20-2/h3-7,9H,8H2,1-2H3,(H,18,19). The molecule has 0 aliphatic heterocycles. The number of hydrogen-bond acceptors (Lipinski definition) is 3. The zero-order valence-electron chi connectivity index (χ0n) is 11.5. The number of aliphatic carboxylic acids is 1. The molecule has 0 heterocycles. The summed E-state index contributed by atoms with van der Waals surface area (Å²) in [5.74, 6) is -0.744. The molecule has 0 saturated heterocycles. The van der Waals surface area contributed by atoms with Crippen LogP contribution >= 0.6 is 0 Å². The average molecular weight is 304 g/mol. The Morgan fingerprint density at radius 2 is 2.10 bits per heavy atom. The number of ether oxygens (including phenoxy) is 2. The highest BCUT2D eigenvalue weighted by atomic mass is 19.4. The Morgan fingerprint density at radius 1 is 1.43 bits per heavy atom. The second-order valence-electron chi connectivity index (χ2n) is 4.24. The van der Waals surface area contributed by atoms with Crippen LogP contribution in [0.5, 0.6) is 5.75 Å². The minimum Gasteiger partial charge on any atom is -0.496 e. The fourth-order valence-corrected chi connectivity index (χ4v) is 1.49. The number of carboxylic acids is 1. The van der Waals surface area contributed by atoms with Crippen LogP contribution in [0.25, 0.3) is 6.08 Å². The number of alkyl halides is 3. The Labute approximate surface area is 119 Å². The van der Waals surface area contributed by atoms with Crippen molar-refractivity contribution < 1.29 is 32.5 Å². The second kappa shape index (κ2) is 7.12. The maximum absolute atomic E-state index is 12.4. The zero-order valence-corrected chi connectivity index (χ0v) is 11.5. The minimum atomic E-state index is -4.44. The first kappa shape index (κ1) is 17.0. The van der Waals surface area contributed by atoms with Crippen molar-refractivity contribution in [2.75, 3.05) is 7.11 Å². The van der Waals surface area contributed by atoms with E-state index in [4.69, 9.17) is 14.6 Å². The fraction of sp³-hybridized carbons (Fsp3) is 0.357. The van der Waals surface area contributed by atoms with Gasteiger partial charge in [-0.1, -0.05) is 6.07 Å². The molecule has 0 bridgehead atoms. The lowest BCUT2D eigenvalue weighted by Crippen LogP contribution is -2.28. The van der Waals surface area contributed by atoms with Gasteiger partial charge in [0.1, 0.15) is 5.75 Å². The van der Waals surface area contributed by atoms with Crippen molar-refractivity contribution in [3.05, 3.63) is 35.4 Å². The lowest BCUT2D eigenvalue weighted by Gasteiger charge is -2.17. The summed E-state index contributed by atoms with van der Waals surface area (Å²) in [5.41, 5.74) is 0.928. The molecule has 1 rings (SSSR count). The minimum absolute atomic E-state index is 0.293. The van der Waals surface area contributed by atoms with Gasteiger partial charge in [0.25, 0.3) is 0 Å². The van der Waals surface area contributed by atoms with Crippen molar-refractivity contribution in [1.29, 1.82) is 0 Å². The summed E-state index contributed by atoms with van der Waals surface area (Å²) in [7, 11) is 1.39. The number of rotatable bonds is 6. The molecule has 4 nitrogen and oxygen atoms in total. The van der Waals surface area contributed by atoms with E-state index >= 15 is 0 Å². The van der Waals surface area contributed by atoms with Gasteiger partial charge in [-0.3, -0.25) is 0 Å². The largest absolute Gasteiger partial charge is 0.496 e. The third-order valence-corrected chi connectivity index (χ3v) is 2.67. The van der Waals surface area contributed by atoms with Crippen LogP contribution in [0, 0.1) is 0 Å². The van der Waals surface area contributed by atoms with Gasteiger partial charge in [0.2, 0.25) is 0 Å². The maximum atomic E-state index is 12.4. The van der Waals surface area contributed by atoms with Crippen LogP contribution in [-0.4, -0.2) is 30.5 Å². The van der Waals surface area contributed by atoms with Gasteiger partial charge in [0, 0.05) is 11.6 Å². The van der Waals surface area contributed by atoms with Crippen molar-refractivity contribution >= 4 is 12.0 Å². The fourth-order valence-electron chi connectivity index (χ4n) is 1.49. The predicted octanol–water partition coefficient (Wildman–Crippen LogP) is 3.26. The highest BCUT2D eigenvalue weighted by Gasteiger charge is 2.36. The van der Waals surface area contributed by atoms with Crippen LogP contribution in [0.4, 0.5) is 13.2 Å². The molecule has 0 aliphatic carbocycles. The highest BCUT2D eigenvalue weighted by molar-refractivity contribution is 5.85.